The number of benzene rings is 2. The van der Waals surface area contributed by atoms with Crippen LogP contribution in [0.4, 0.5) is 0 Å². The van der Waals surface area contributed by atoms with Crippen LogP contribution >= 0.6 is 0 Å². The Labute approximate surface area is 150 Å². The summed E-state index contributed by atoms with van der Waals surface area (Å²) >= 11 is 0. The third-order valence-electron chi connectivity index (χ3n) is 4.27. The van der Waals surface area contributed by atoms with Crippen LogP contribution in [0, 0.1) is 20.8 Å². The second kappa shape index (κ2) is 8.56. The Balaban J connectivity index is 2.00. The summed E-state index contributed by atoms with van der Waals surface area (Å²) in [4.78, 5) is 12.3. The van der Waals surface area contributed by atoms with E-state index in [-0.39, 0.29) is 18.6 Å². The molecule has 0 fully saturated rings. The van der Waals surface area contributed by atoms with E-state index in [1.54, 1.807) is 7.11 Å². The normalized spacial score (nSPS) is 11.7. The Morgan fingerprint density at radius 3 is 2.44 bits per heavy atom. The molecule has 2 rings (SSSR count). The number of ether oxygens (including phenoxy) is 2. The Morgan fingerprint density at radius 2 is 1.80 bits per heavy atom. The molecule has 0 saturated heterocycles. The number of methoxy groups -OCH3 is 1. The number of rotatable bonds is 7. The maximum atomic E-state index is 12.3. The van der Waals surface area contributed by atoms with E-state index in [2.05, 4.69) is 18.3 Å². The van der Waals surface area contributed by atoms with Crippen molar-refractivity contribution in [2.45, 2.75) is 40.2 Å². The molecular formula is C21H27NO3. The first-order chi connectivity index (χ1) is 11.9. The predicted molar refractivity (Wildman–Crippen MR) is 100 cm³/mol. The van der Waals surface area contributed by atoms with Crippen molar-refractivity contribution in [1.82, 2.24) is 5.32 Å². The van der Waals surface area contributed by atoms with Crippen LogP contribution in [0.25, 0.3) is 0 Å². The van der Waals surface area contributed by atoms with E-state index in [1.165, 1.54) is 0 Å². The van der Waals surface area contributed by atoms with Crippen molar-refractivity contribution in [1.29, 1.82) is 0 Å². The van der Waals surface area contributed by atoms with Gasteiger partial charge in [-0.1, -0.05) is 31.2 Å². The second-order valence-electron chi connectivity index (χ2n) is 6.32. The Kier molecular flexibility index (Phi) is 6.45. The molecular weight excluding hydrogens is 314 g/mol. The molecule has 25 heavy (non-hydrogen) atoms. The molecule has 0 heterocycles. The number of carbonyl (C=O) groups excluding carboxylic acids is 1. The summed E-state index contributed by atoms with van der Waals surface area (Å²) in [6.45, 7) is 8.04. The molecule has 0 bridgehead atoms. The lowest BCUT2D eigenvalue weighted by molar-refractivity contribution is -0.123. The fourth-order valence-corrected chi connectivity index (χ4v) is 2.78. The van der Waals surface area contributed by atoms with Gasteiger partial charge in [-0.05, 0) is 61.6 Å². The molecule has 0 unspecified atom stereocenters. The number of carbonyl (C=O) groups is 1. The summed E-state index contributed by atoms with van der Waals surface area (Å²) in [6, 6.07) is 11.9. The van der Waals surface area contributed by atoms with Gasteiger partial charge in [-0.3, -0.25) is 4.79 Å². The molecule has 0 spiro atoms. The topological polar surface area (TPSA) is 47.6 Å². The van der Waals surface area contributed by atoms with Crippen LogP contribution in [0.15, 0.2) is 36.4 Å². The van der Waals surface area contributed by atoms with Crippen molar-refractivity contribution in [2.75, 3.05) is 13.7 Å². The Hall–Kier alpha value is -2.49. The van der Waals surface area contributed by atoms with Gasteiger partial charge in [0.25, 0.3) is 5.91 Å². The molecule has 2 aromatic carbocycles. The first-order valence-corrected chi connectivity index (χ1v) is 8.58. The van der Waals surface area contributed by atoms with E-state index in [0.717, 1.165) is 40.2 Å². The van der Waals surface area contributed by atoms with Crippen LogP contribution in [-0.2, 0) is 4.79 Å². The lowest BCUT2D eigenvalue weighted by Crippen LogP contribution is -2.32. The molecule has 4 heteroatoms. The molecule has 0 saturated carbocycles. The van der Waals surface area contributed by atoms with Crippen LogP contribution in [0.2, 0.25) is 0 Å². The lowest BCUT2D eigenvalue weighted by atomic mass is 10.0. The molecule has 1 amide bonds. The average molecular weight is 341 g/mol. The lowest BCUT2D eigenvalue weighted by Gasteiger charge is -2.19. The summed E-state index contributed by atoms with van der Waals surface area (Å²) in [5.41, 5.74) is 4.26. The van der Waals surface area contributed by atoms with E-state index >= 15 is 0 Å². The molecule has 2 aromatic rings. The van der Waals surface area contributed by atoms with Gasteiger partial charge in [0.2, 0.25) is 0 Å². The summed E-state index contributed by atoms with van der Waals surface area (Å²) in [5, 5.41) is 3.05. The van der Waals surface area contributed by atoms with Gasteiger partial charge in [0.15, 0.2) is 6.61 Å². The quantitative estimate of drug-likeness (QED) is 0.818. The summed E-state index contributed by atoms with van der Waals surface area (Å²) in [7, 11) is 1.66. The summed E-state index contributed by atoms with van der Waals surface area (Å²) in [5.74, 6) is 1.48. The van der Waals surface area contributed by atoms with E-state index in [9.17, 15) is 4.79 Å². The fourth-order valence-electron chi connectivity index (χ4n) is 2.78. The van der Waals surface area contributed by atoms with Crippen molar-refractivity contribution in [2.24, 2.45) is 0 Å². The highest BCUT2D eigenvalue weighted by Gasteiger charge is 2.14. The first-order valence-electron chi connectivity index (χ1n) is 8.58. The molecule has 0 aliphatic heterocycles. The number of amides is 1. The van der Waals surface area contributed by atoms with Gasteiger partial charge >= 0.3 is 0 Å². The summed E-state index contributed by atoms with van der Waals surface area (Å²) < 4.78 is 11.0. The van der Waals surface area contributed by atoms with Crippen molar-refractivity contribution >= 4 is 5.91 Å². The maximum absolute atomic E-state index is 12.3. The van der Waals surface area contributed by atoms with Gasteiger partial charge in [-0.2, -0.15) is 0 Å². The summed E-state index contributed by atoms with van der Waals surface area (Å²) in [6.07, 6.45) is 0.807. The van der Waals surface area contributed by atoms with E-state index in [1.807, 2.05) is 51.1 Å². The molecule has 0 aliphatic rings. The van der Waals surface area contributed by atoms with Gasteiger partial charge in [-0.15, -0.1) is 0 Å². The van der Waals surface area contributed by atoms with Crippen LogP contribution in [-0.4, -0.2) is 19.6 Å². The van der Waals surface area contributed by atoms with Gasteiger partial charge < -0.3 is 14.8 Å². The molecule has 0 aliphatic carbocycles. The third kappa shape index (κ3) is 4.99. The molecule has 1 N–H and O–H groups in total. The molecule has 1 atom stereocenters. The van der Waals surface area contributed by atoms with E-state index in [4.69, 9.17) is 9.47 Å². The minimum absolute atomic E-state index is 0.00985. The Morgan fingerprint density at radius 1 is 1.04 bits per heavy atom. The van der Waals surface area contributed by atoms with Crippen LogP contribution in [0.1, 0.15) is 41.6 Å². The first kappa shape index (κ1) is 18.8. The largest absolute Gasteiger partial charge is 0.496 e. The third-order valence-corrected chi connectivity index (χ3v) is 4.27. The number of nitrogens with one attached hydrogen (secondary N) is 1. The number of hydrogen-bond donors (Lipinski definition) is 1. The maximum Gasteiger partial charge on any atom is 0.258 e. The van der Waals surface area contributed by atoms with Gasteiger partial charge in [0, 0.05) is 0 Å². The van der Waals surface area contributed by atoms with Gasteiger partial charge in [0.1, 0.15) is 11.5 Å². The highest BCUT2D eigenvalue weighted by atomic mass is 16.5. The second-order valence-corrected chi connectivity index (χ2v) is 6.32. The van der Waals surface area contributed by atoms with Crippen LogP contribution in [0.5, 0.6) is 11.5 Å². The fraction of sp³-hybridized carbons (Fsp3) is 0.381. The van der Waals surface area contributed by atoms with Gasteiger partial charge in [-0.25, -0.2) is 0 Å². The van der Waals surface area contributed by atoms with Crippen molar-refractivity contribution in [3.8, 4) is 11.5 Å². The average Bonchev–Trinajstić information content (AvgIpc) is 2.60. The Bertz CT molecular complexity index is 740. The van der Waals surface area contributed by atoms with Crippen molar-refractivity contribution in [3.05, 3.63) is 58.7 Å². The number of aryl methyl sites for hydroxylation is 3. The zero-order valence-electron chi connectivity index (χ0n) is 15.7. The minimum atomic E-state index is -0.124. The standard InChI is InChI=1S/C21H27NO3/c1-6-18(17-9-10-19(24-5)16(4)12-17)22-21(23)13-25-20-11-14(2)7-8-15(20)3/h7-12,18H,6,13H2,1-5H3,(H,22,23)/t18-/m0/s1. The monoisotopic (exact) mass is 341 g/mol. The van der Waals surface area contributed by atoms with E-state index in [0.29, 0.717) is 0 Å². The highest BCUT2D eigenvalue weighted by molar-refractivity contribution is 5.78. The molecule has 4 nitrogen and oxygen atoms in total. The minimum Gasteiger partial charge on any atom is -0.496 e. The van der Waals surface area contributed by atoms with Crippen molar-refractivity contribution < 1.29 is 14.3 Å². The molecule has 134 valence electrons. The zero-order chi connectivity index (χ0) is 18.4. The van der Waals surface area contributed by atoms with Crippen LogP contribution in [0.3, 0.4) is 0 Å². The molecule has 0 aromatic heterocycles. The van der Waals surface area contributed by atoms with Gasteiger partial charge in [0.05, 0.1) is 13.2 Å². The molecule has 0 radical (unpaired) electrons. The SMILES string of the molecule is CC[C@H](NC(=O)COc1cc(C)ccc1C)c1ccc(OC)c(C)c1. The predicted octanol–water partition coefficient (Wildman–Crippen LogP) is 4.27. The number of hydrogen-bond acceptors (Lipinski definition) is 3. The highest BCUT2D eigenvalue weighted by Crippen LogP contribution is 2.24. The van der Waals surface area contributed by atoms with Crippen LogP contribution < -0.4 is 14.8 Å². The smallest absolute Gasteiger partial charge is 0.258 e. The van der Waals surface area contributed by atoms with Crippen molar-refractivity contribution in [3.63, 3.8) is 0 Å². The van der Waals surface area contributed by atoms with E-state index < -0.39 is 0 Å². The zero-order valence-corrected chi connectivity index (χ0v) is 15.7.